The van der Waals surface area contributed by atoms with Gasteiger partial charge in [-0.2, -0.15) is 9.98 Å². The molecule has 0 aliphatic heterocycles. The molecular formula is C5H7N2O6P. The Kier molecular flexibility index (Phi) is 6.70. The Labute approximate surface area is 79.2 Å². The van der Waals surface area contributed by atoms with Crippen LogP contribution in [0, 0.1) is 0 Å². The Bertz CT molecular complexity index is 279. The van der Waals surface area contributed by atoms with E-state index < -0.39 is 21.3 Å². The first-order chi connectivity index (χ1) is 6.68. The van der Waals surface area contributed by atoms with Crippen LogP contribution >= 0.6 is 7.82 Å². The zero-order chi connectivity index (χ0) is 10.9. The van der Waals surface area contributed by atoms with Gasteiger partial charge in [-0.25, -0.2) is 14.2 Å². The van der Waals surface area contributed by atoms with Gasteiger partial charge in [0, 0.05) is 7.11 Å². The first-order valence-corrected chi connectivity index (χ1v) is 4.66. The summed E-state index contributed by atoms with van der Waals surface area (Å²) in [6.45, 7) is -1.03. The molecule has 0 spiro atoms. The maximum absolute atomic E-state index is 11.3. The largest absolute Gasteiger partial charge is 0.478 e. The molecule has 0 fully saturated rings. The summed E-state index contributed by atoms with van der Waals surface area (Å²) in [5.41, 5.74) is 0. The molecule has 0 aromatic heterocycles. The lowest BCUT2D eigenvalue weighted by Crippen LogP contribution is -1.98. The molecule has 0 aliphatic rings. The van der Waals surface area contributed by atoms with Gasteiger partial charge in [-0.1, -0.05) is 0 Å². The average Bonchev–Trinajstić information content (AvgIpc) is 2.19. The van der Waals surface area contributed by atoms with E-state index in [2.05, 4.69) is 23.6 Å². The van der Waals surface area contributed by atoms with E-state index >= 15 is 0 Å². The number of hydrogen-bond acceptors (Lipinski definition) is 8. The van der Waals surface area contributed by atoms with Gasteiger partial charge in [-0.3, -0.25) is 13.6 Å². The molecular weight excluding hydrogens is 215 g/mol. The van der Waals surface area contributed by atoms with Crippen LogP contribution in [0.3, 0.4) is 0 Å². The van der Waals surface area contributed by atoms with Crippen molar-refractivity contribution in [3.05, 3.63) is 0 Å². The topological polar surface area (TPSA) is 104 Å². The zero-order valence-corrected chi connectivity index (χ0v) is 8.10. The van der Waals surface area contributed by atoms with Crippen molar-refractivity contribution in [2.75, 3.05) is 20.6 Å². The van der Waals surface area contributed by atoms with Crippen molar-refractivity contribution >= 4 is 20.0 Å². The van der Waals surface area contributed by atoms with Crippen molar-refractivity contribution in [3.63, 3.8) is 0 Å². The first-order valence-electron chi connectivity index (χ1n) is 3.20. The van der Waals surface area contributed by atoms with Crippen LogP contribution < -0.4 is 0 Å². The highest BCUT2D eigenvalue weighted by Gasteiger charge is 2.24. The molecule has 0 unspecified atom stereocenters. The van der Waals surface area contributed by atoms with Crippen LogP contribution in [0.1, 0.15) is 0 Å². The highest BCUT2D eigenvalue weighted by atomic mass is 31.2. The monoisotopic (exact) mass is 222 g/mol. The summed E-state index contributed by atoms with van der Waals surface area (Å²) in [5, 5.41) is 0. The standard InChI is InChI=1S/C5H7N2O6P/c1-11-14(10,12-4-6-2-8)13-5-7-3-9/h4-5H2,1H3. The van der Waals surface area contributed by atoms with Gasteiger partial charge in [-0.05, 0) is 0 Å². The molecule has 0 amide bonds. The van der Waals surface area contributed by atoms with E-state index in [4.69, 9.17) is 0 Å². The van der Waals surface area contributed by atoms with E-state index in [1.807, 2.05) is 0 Å². The number of carbonyl (C=O) groups excluding carboxylic acids is 2. The fraction of sp³-hybridized carbons (Fsp3) is 0.600. The second-order valence-electron chi connectivity index (χ2n) is 1.64. The molecule has 8 nitrogen and oxygen atoms in total. The van der Waals surface area contributed by atoms with E-state index in [0.29, 0.717) is 0 Å². The quantitative estimate of drug-likeness (QED) is 0.350. The van der Waals surface area contributed by atoms with E-state index in [1.54, 1.807) is 0 Å². The van der Waals surface area contributed by atoms with Crippen LogP contribution in [0.25, 0.3) is 0 Å². The second-order valence-corrected chi connectivity index (χ2v) is 3.42. The van der Waals surface area contributed by atoms with Crippen LogP contribution in [-0.2, 0) is 27.7 Å². The van der Waals surface area contributed by atoms with E-state index in [-0.39, 0.29) is 0 Å². The number of hydrogen-bond donors (Lipinski definition) is 0. The van der Waals surface area contributed by atoms with Crippen LogP contribution in [-0.4, -0.2) is 32.7 Å². The van der Waals surface area contributed by atoms with Gasteiger partial charge < -0.3 is 0 Å². The van der Waals surface area contributed by atoms with Gasteiger partial charge in [0.15, 0.2) is 13.5 Å². The van der Waals surface area contributed by atoms with Gasteiger partial charge in [0.1, 0.15) is 0 Å². The Morgan fingerprint density at radius 3 is 1.86 bits per heavy atom. The third-order valence-electron chi connectivity index (χ3n) is 0.914. The molecule has 78 valence electrons. The fourth-order valence-electron chi connectivity index (χ4n) is 0.395. The molecule has 0 radical (unpaired) electrons. The Balaban J connectivity index is 4.10. The van der Waals surface area contributed by atoms with Crippen LogP contribution in [0.4, 0.5) is 0 Å². The average molecular weight is 222 g/mol. The molecule has 0 atom stereocenters. The highest BCUT2D eigenvalue weighted by Crippen LogP contribution is 2.48. The second kappa shape index (κ2) is 7.29. The SMILES string of the molecule is COP(=O)(OCN=C=O)OCN=C=O. The van der Waals surface area contributed by atoms with Crippen LogP contribution in [0.2, 0.25) is 0 Å². The van der Waals surface area contributed by atoms with Crippen molar-refractivity contribution < 1.29 is 27.7 Å². The molecule has 14 heavy (non-hydrogen) atoms. The lowest BCUT2D eigenvalue weighted by atomic mass is 11.3. The minimum Gasteiger partial charge on any atom is -0.290 e. The summed E-state index contributed by atoms with van der Waals surface area (Å²) >= 11 is 0. The number of nitrogens with zero attached hydrogens (tertiary/aromatic N) is 2. The summed E-state index contributed by atoms with van der Waals surface area (Å²) < 4.78 is 24.6. The molecule has 0 aliphatic carbocycles. The van der Waals surface area contributed by atoms with Crippen molar-refractivity contribution in [1.29, 1.82) is 0 Å². The maximum atomic E-state index is 11.3. The van der Waals surface area contributed by atoms with Crippen LogP contribution in [0.15, 0.2) is 9.98 Å². The maximum Gasteiger partial charge on any atom is 0.478 e. The minimum absolute atomic E-state index is 0.514. The molecule has 0 aromatic rings. The van der Waals surface area contributed by atoms with E-state index in [1.165, 1.54) is 0 Å². The lowest BCUT2D eigenvalue weighted by Gasteiger charge is -2.11. The summed E-state index contributed by atoms with van der Waals surface area (Å²) in [7, 11) is -2.74. The fourth-order valence-corrected chi connectivity index (χ4v) is 1.08. The predicted molar refractivity (Wildman–Crippen MR) is 42.8 cm³/mol. The van der Waals surface area contributed by atoms with Gasteiger partial charge >= 0.3 is 7.82 Å². The van der Waals surface area contributed by atoms with Gasteiger partial charge in [0.05, 0.1) is 0 Å². The molecule has 9 heteroatoms. The Morgan fingerprint density at radius 2 is 1.57 bits per heavy atom. The summed E-state index contributed by atoms with van der Waals surface area (Å²) in [6, 6.07) is 0. The molecule has 0 N–H and O–H groups in total. The highest BCUT2D eigenvalue weighted by molar-refractivity contribution is 7.48. The lowest BCUT2D eigenvalue weighted by molar-refractivity contribution is 0.137. The van der Waals surface area contributed by atoms with E-state index in [9.17, 15) is 14.2 Å². The van der Waals surface area contributed by atoms with Crippen molar-refractivity contribution in [2.45, 2.75) is 0 Å². The van der Waals surface area contributed by atoms with Crippen molar-refractivity contribution in [2.24, 2.45) is 9.98 Å². The molecule has 0 saturated carbocycles. The third kappa shape index (κ3) is 5.50. The Hall–Kier alpha value is -1.13. The van der Waals surface area contributed by atoms with Gasteiger partial charge in [0.2, 0.25) is 12.2 Å². The molecule has 0 bridgehead atoms. The normalized spacial score (nSPS) is 13.5. The summed E-state index contributed by atoms with van der Waals surface area (Å²) in [6.07, 6.45) is 2.33. The zero-order valence-electron chi connectivity index (χ0n) is 7.21. The smallest absolute Gasteiger partial charge is 0.290 e. The predicted octanol–water partition coefficient (Wildman–Crippen LogP) is 0.361. The van der Waals surface area contributed by atoms with E-state index in [0.717, 1.165) is 19.3 Å². The van der Waals surface area contributed by atoms with Crippen LogP contribution in [0.5, 0.6) is 0 Å². The Morgan fingerprint density at radius 1 is 1.14 bits per heavy atom. The number of phosphoric ester groups is 1. The molecule has 0 rings (SSSR count). The molecule has 0 aromatic carbocycles. The molecule has 0 heterocycles. The van der Waals surface area contributed by atoms with Crippen molar-refractivity contribution in [3.8, 4) is 0 Å². The number of phosphoric acid groups is 1. The minimum atomic E-state index is -3.80. The molecule has 0 saturated heterocycles. The summed E-state index contributed by atoms with van der Waals surface area (Å²) in [4.78, 5) is 25.2. The number of rotatable bonds is 7. The number of aliphatic imine (C=N–C) groups is 2. The first kappa shape index (κ1) is 12.9. The number of isocyanates is 2. The van der Waals surface area contributed by atoms with Crippen molar-refractivity contribution in [1.82, 2.24) is 0 Å². The third-order valence-corrected chi connectivity index (χ3v) is 2.22. The summed E-state index contributed by atoms with van der Waals surface area (Å²) in [5.74, 6) is 0. The van der Waals surface area contributed by atoms with Gasteiger partial charge in [0.25, 0.3) is 0 Å². The van der Waals surface area contributed by atoms with Gasteiger partial charge in [-0.15, -0.1) is 0 Å².